The van der Waals surface area contributed by atoms with Crippen molar-refractivity contribution in [3.8, 4) is 11.3 Å². The van der Waals surface area contributed by atoms with Crippen molar-refractivity contribution in [3.63, 3.8) is 0 Å². The highest BCUT2D eigenvalue weighted by Gasteiger charge is 2.10. The average molecular weight is 368 g/mol. The maximum atomic E-state index is 12.2. The maximum Gasteiger partial charge on any atom is 0.227 e. The van der Waals surface area contributed by atoms with Gasteiger partial charge in [0.25, 0.3) is 0 Å². The zero-order valence-corrected chi connectivity index (χ0v) is 16.0. The molecule has 26 heavy (non-hydrogen) atoms. The summed E-state index contributed by atoms with van der Waals surface area (Å²) in [5.41, 5.74) is 3.31. The number of nitrogens with zero attached hydrogens (tertiary/aromatic N) is 2. The molecule has 0 radical (unpaired) electrons. The molecular weight excluding hydrogens is 342 g/mol. The van der Waals surface area contributed by atoms with Gasteiger partial charge in [0.05, 0.1) is 12.1 Å². The summed E-state index contributed by atoms with van der Waals surface area (Å²) >= 11 is 1.64. The van der Waals surface area contributed by atoms with Crippen LogP contribution in [-0.4, -0.2) is 34.6 Å². The fourth-order valence-corrected chi connectivity index (χ4v) is 3.61. The number of aromatic amines is 1. The summed E-state index contributed by atoms with van der Waals surface area (Å²) in [5.74, 6) is 0.202. The van der Waals surface area contributed by atoms with Crippen molar-refractivity contribution in [2.45, 2.75) is 32.1 Å². The Balaban J connectivity index is 1.34. The Morgan fingerprint density at radius 3 is 2.73 bits per heavy atom. The van der Waals surface area contributed by atoms with Crippen LogP contribution < -0.4 is 0 Å². The Bertz CT molecular complexity index is 796. The van der Waals surface area contributed by atoms with E-state index in [2.05, 4.69) is 28.4 Å². The van der Waals surface area contributed by atoms with Crippen LogP contribution in [0.15, 0.2) is 53.9 Å². The van der Waals surface area contributed by atoms with Crippen molar-refractivity contribution in [2.24, 2.45) is 0 Å². The topological polar surface area (TPSA) is 49.0 Å². The number of H-pyrrole nitrogens is 1. The molecule has 0 aliphatic rings. The standard InChI is InChI=1S/C21H25N3OS/c1-24(21(25)16-19-12-8-14-26-19)13-7-3-6-11-18-15-20(23-22-18)17-9-4-2-5-10-17/h2,4-5,8-10,12,14-15H,3,6-7,11,13,16H2,1H3,(H,22,23). The molecule has 1 N–H and O–H groups in total. The van der Waals surface area contributed by atoms with E-state index in [1.807, 2.05) is 47.7 Å². The lowest BCUT2D eigenvalue weighted by Crippen LogP contribution is -2.28. The molecule has 0 fully saturated rings. The molecule has 2 aromatic heterocycles. The highest BCUT2D eigenvalue weighted by Crippen LogP contribution is 2.18. The first-order valence-corrected chi connectivity index (χ1v) is 9.96. The number of carbonyl (C=O) groups excluding carboxylic acids is 1. The van der Waals surface area contributed by atoms with Crippen LogP contribution in [0.2, 0.25) is 0 Å². The third-order valence-electron chi connectivity index (χ3n) is 4.47. The summed E-state index contributed by atoms with van der Waals surface area (Å²) in [6, 6.07) is 16.4. The number of amides is 1. The molecule has 0 spiro atoms. The second-order valence-electron chi connectivity index (χ2n) is 6.53. The van der Waals surface area contributed by atoms with E-state index in [0.717, 1.165) is 48.4 Å². The molecule has 3 rings (SSSR count). The van der Waals surface area contributed by atoms with Gasteiger partial charge in [-0.1, -0.05) is 42.8 Å². The van der Waals surface area contributed by atoms with Crippen molar-refractivity contribution < 1.29 is 4.79 Å². The van der Waals surface area contributed by atoms with Gasteiger partial charge >= 0.3 is 0 Å². The van der Waals surface area contributed by atoms with E-state index in [0.29, 0.717) is 6.42 Å². The fraction of sp³-hybridized carbons (Fsp3) is 0.333. The number of unbranched alkanes of at least 4 members (excludes halogenated alkanes) is 2. The molecule has 1 amide bonds. The van der Waals surface area contributed by atoms with E-state index in [1.54, 1.807) is 11.3 Å². The van der Waals surface area contributed by atoms with Crippen molar-refractivity contribution in [2.75, 3.05) is 13.6 Å². The van der Waals surface area contributed by atoms with Crippen molar-refractivity contribution in [1.29, 1.82) is 0 Å². The van der Waals surface area contributed by atoms with Gasteiger partial charge in [0.15, 0.2) is 0 Å². The molecule has 1 aromatic carbocycles. The van der Waals surface area contributed by atoms with Crippen LogP contribution in [0.3, 0.4) is 0 Å². The minimum absolute atomic E-state index is 0.202. The Morgan fingerprint density at radius 2 is 1.96 bits per heavy atom. The largest absolute Gasteiger partial charge is 0.345 e. The quantitative estimate of drug-likeness (QED) is 0.564. The van der Waals surface area contributed by atoms with Gasteiger partial charge in [0.2, 0.25) is 5.91 Å². The number of aromatic nitrogens is 2. The first-order chi connectivity index (χ1) is 12.7. The third-order valence-corrected chi connectivity index (χ3v) is 5.35. The fourth-order valence-electron chi connectivity index (χ4n) is 2.91. The molecule has 0 atom stereocenters. The molecular formula is C21H25N3OS. The smallest absolute Gasteiger partial charge is 0.227 e. The zero-order valence-electron chi connectivity index (χ0n) is 15.1. The predicted molar refractivity (Wildman–Crippen MR) is 107 cm³/mol. The first kappa shape index (κ1) is 18.4. The monoisotopic (exact) mass is 367 g/mol. The molecule has 0 bridgehead atoms. The maximum absolute atomic E-state index is 12.2. The summed E-state index contributed by atoms with van der Waals surface area (Å²) in [4.78, 5) is 15.1. The Morgan fingerprint density at radius 1 is 1.12 bits per heavy atom. The Labute approximate surface area is 158 Å². The summed E-state index contributed by atoms with van der Waals surface area (Å²) in [5, 5.41) is 9.54. The number of nitrogens with one attached hydrogen (secondary N) is 1. The second kappa shape index (κ2) is 9.34. The van der Waals surface area contributed by atoms with Crippen LogP contribution >= 0.6 is 11.3 Å². The number of rotatable bonds is 9. The number of thiophene rings is 1. The number of carbonyl (C=O) groups is 1. The van der Waals surface area contributed by atoms with E-state index in [1.165, 1.54) is 5.69 Å². The highest BCUT2D eigenvalue weighted by atomic mass is 32.1. The van der Waals surface area contributed by atoms with E-state index in [4.69, 9.17) is 0 Å². The molecule has 136 valence electrons. The molecule has 0 aliphatic carbocycles. The molecule has 5 heteroatoms. The number of hydrogen-bond acceptors (Lipinski definition) is 3. The van der Waals surface area contributed by atoms with Gasteiger partial charge in [0.1, 0.15) is 0 Å². The van der Waals surface area contributed by atoms with Gasteiger partial charge in [-0.05, 0) is 36.8 Å². The van der Waals surface area contributed by atoms with E-state index in [-0.39, 0.29) is 5.91 Å². The lowest BCUT2D eigenvalue weighted by molar-refractivity contribution is -0.129. The Kier molecular flexibility index (Phi) is 6.61. The summed E-state index contributed by atoms with van der Waals surface area (Å²) in [6.45, 7) is 0.822. The second-order valence-corrected chi connectivity index (χ2v) is 7.56. The van der Waals surface area contributed by atoms with Crippen LogP contribution in [0, 0.1) is 0 Å². The third kappa shape index (κ3) is 5.30. The molecule has 0 saturated carbocycles. The van der Waals surface area contributed by atoms with Gasteiger partial charge in [-0.25, -0.2) is 0 Å². The summed E-state index contributed by atoms with van der Waals surface area (Å²) < 4.78 is 0. The molecule has 2 heterocycles. The first-order valence-electron chi connectivity index (χ1n) is 9.08. The van der Waals surface area contributed by atoms with Gasteiger partial charge in [0, 0.05) is 29.7 Å². The predicted octanol–water partition coefficient (Wildman–Crippen LogP) is 4.55. The van der Waals surface area contributed by atoms with Crippen molar-refractivity contribution in [1.82, 2.24) is 15.1 Å². The molecule has 0 aliphatic heterocycles. The summed E-state index contributed by atoms with van der Waals surface area (Å²) in [6.07, 6.45) is 4.75. The van der Waals surface area contributed by atoms with Crippen LogP contribution in [-0.2, 0) is 17.6 Å². The van der Waals surface area contributed by atoms with Gasteiger partial charge in [-0.3, -0.25) is 9.89 Å². The van der Waals surface area contributed by atoms with E-state index in [9.17, 15) is 4.79 Å². The number of hydrogen-bond donors (Lipinski definition) is 1. The average Bonchev–Trinajstić information content (AvgIpc) is 3.34. The van der Waals surface area contributed by atoms with Crippen LogP contribution in [0.5, 0.6) is 0 Å². The summed E-state index contributed by atoms with van der Waals surface area (Å²) in [7, 11) is 1.90. The Hall–Kier alpha value is -2.40. The molecule has 0 saturated heterocycles. The zero-order chi connectivity index (χ0) is 18.2. The van der Waals surface area contributed by atoms with E-state index < -0.39 is 0 Å². The van der Waals surface area contributed by atoms with Crippen LogP contribution in [0.4, 0.5) is 0 Å². The lowest BCUT2D eigenvalue weighted by Gasteiger charge is -2.16. The van der Waals surface area contributed by atoms with Crippen LogP contribution in [0.25, 0.3) is 11.3 Å². The lowest BCUT2D eigenvalue weighted by atomic mass is 10.1. The minimum atomic E-state index is 0.202. The van der Waals surface area contributed by atoms with Crippen molar-refractivity contribution in [3.05, 3.63) is 64.5 Å². The molecule has 3 aromatic rings. The molecule has 0 unspecified atom stereocenters. The number of benzene rings is 1. The number of likely N-dealkylation sites (N-methyl/N-ethyl adjacent to an activating group) is 1. The van der Waals surface area contributed by atoms with Gasteiger partial charge in [-0.2, -0.15) is 5.10 Å². The van der Waals surface area contributed by atoms with Gasteiger partial charge in [-0.15, -0.1) is 11.3 Å². The van der Waals surface area contributed by atoms with Crippen LogP contribution in [0.1, 0.15) is 29.8 Å². The highest BCUT2D eigenvalue weighted by molar-refractivity contribution is 7.10. The molecule has 4 nitrogen and oxygen atoms in total. The van der Waals surface area contributed by atoms with E-state index >= 15 is 0 Å². The van der Waals surface area contributed by atoms with Crippen molar-refractivity contribution >= 4 is 17.2 Å². The normalized spacial score (nSPS) is 10.8. The minimum Gasteiger partial charge on any atom is -0.345 e. The SMILES string of the molecule is CN(CCCCCc1cc(-c2ccccc2)n[nH]1)C(=O)Cc1cccs1. The number of aryl methyl sites for hydroxylation is 1. The van der Waals surface area contributed by atoms with Gasteiger partial charge < -0.3 is 4.90 Å².